The number of halogens is 1. The van der Waals surface area contributed by atoms with Gasteiger partial charge in [-0.3, -0.25) is 0 Å². The lowest BCUT2D eigenvalue weighted by atomic mass is 10.3. The van der Waals surface area contributed by atoms with Crippen LogP contribution >= 0.6 is 27.3 Å². The fourth-order valence-corrected chi connectivity index (χ4v) is 2.65. The molecule has 1 rings (SSSR count). The summed E-state index contributed by atoms with van der Waals surface area (Å²) in [6, 6.07) is 4.17. The van der Waals surface area contributed by atoms with Crippen LogP contribution in [0.5, 0.6) is 0 Å². The summed E-state index contributed by atoms with van der Waals surface area (Å²) in [5, 5.41) is 3.34. The fourth-order valence-electron chi connectivity index (χ4n) is 1.20. The quantitative estimate of drug-likeness (QED) is 0.837. The third-order valence-electron chi connectivity index (χ3n) is 1.99. The molecule has 1 atom stereocenters. The second kappa shape index (κ2) is 7.35. The van der Waals surface area contributed by atoms with Crippen LogP contribution in [0.15, 0.2) is 15.9 Å². The highest BCUT2D eigenvalue weighted by Gasteiger charge is 2.06. The zero-order valence-corrected chi connectivity index (χ0v) is 11.4. The Bertz CT molecular complexity index is 280. The lowest BCUT2D eigenvalue weighted by Gasteiger charge is -2.14. The summed E-state index contributed by atoms with van der Waals surface area (Å²) in [5.41, 5.74) is 0. The Balaban J connectivity index is 2.20. The molecule has 0 fully saturated rings. The fraction of sp³-hybridized carbons (Fsp3) is 0.600. The molecule has 0 aliphatic rings. The van der Waals surface area contributed by atoms with Gasteiger partial charge in [0.25, 0.3) is 0 Å². The van der Waals surface area contributed by atoms with Crippen LogP contribution in [0, 0.1) is 0 Å². The van der Waals surface area contributed by atoms with E-state index in [2.05, 4.69) is 33.4 Å². The van der Waals surface area contributed by atoms with E-state index in [4.69, 9.17) is 9.47 Å². The molecule has 0 spiro atoms. The largest absolute Gasteiger partial charge is 0.382 e. The van der Waals surface area contributed by atoms with Crippen molar-refractivity contribution < 1.29 is 9.47 Å². The Kier molecular flexibility index (Phi) is 6.43. The molecule has 1 aromatic rings. The van der Waals surface area contributed by atoms with E-state index >= 15 is 0 Å². The van der Waals surface area contributed by atoms with E-state index in [0.29, 0.717) is 6.61 Å². The molecule has 0 bridgehead atoms. The summed E-state index contributed by atoms with van der Waals surface area (Å²) in [7, 11) is 3.38. The van der Waals surface area contributed by atoms with Gasteiger partial charge in [0, 0.05) is 32.2 Å². The van der Waals surface area contributed by atoms with Crippen LogP contribution in [0.2, 0.25) is 0 Å². The van der Waals surface area contributed by atoms with Crippen molar-refractivity contribution >= 4 is 27.3 Å². The van der Waals surface area contributed by atoms with Crippen LogP contribution in [-0.4, -0.2) is 33.5 Å². The molecule has 0 radical (unpaired) electrons. The van der Waals surface area contributed by atoms with Crippen LogP contribution < -0.4 is 5.32 Å². The van der Waals surface area contributed by atoms with Crippen LogP contribution in [0.25, 0.3) is 0 Å². The van der Waals surface area contributed by atoms with Crippen LogP contribution in [0.4, 0.5) is 0 Å². The van der Waals surface area contributed by atoms with Crippen molar-refractivity contribution in [2.75, 3.05) is 27.4 Å². The molecule has 0 aliphatic heterocycles. The minimum Gasteiger partial charge on any atom is -0.382 e. The molecule has 0 saturated carbocycles. The summed E-state index contributed by atoms with van der Waals surface area (Å²) < 4.78 is 11.4. The zero-order chi connectivity index (χ0) is 11.1. The number of thiophene rings is 1. The van der Waals surface area contributed by atoms with Crippen molar-refractivity contribution in [1.82, 2.24) is 5.32 Å². The van der Waals surface area contributed by atoms with E-state index < -0.39 is 0 Å². The molecule has 0 amide bonds. The first-order chi connectivity index (χ1) is 7.26. The number of hydrogen-bond donors (Lipinski definition) is 1. The first-order valence-corrected chi connectivity index (χ1v) is 6.34. The number of hydrogen-bond acceptors (Lipinski definition) is 4. The monoisotopic (exact) mass is 293 g/mol. The molecule has 1 unspecified atom stereocenters. The Morgan fingerprint density at radius 3 is 2.80 bits per heavy atom. The van der Waals surface area contributed by atoms with Gasteiger partial charge >= 0.3 is 0 Å². The van der Waals surface area contributed by atoms with Gasteiger partial charge in [0.2, 0.25) is 0 Å². The summed E-state index contributed by atoms with van der Waals surface area (Å²) in [4.78, 5) is 1.31. The predicted octanol–water partition coefficient (Wildman–Crippen LogP) is 2.26. The second-order valence-electron chi connectivity index (χ2n) is 3.15. The molecular formula is C10H16BrNO2S. The maximum Gasteiger partial charge on any atom is 0.0928 e. The SMILES string of the molecule is COCC(CNCc1ccc(Br)s1)OC. The molecule has 5 heteroatoms. The van der Waals surface area contributed by atoms with E-state index in [1.807, 2.05) is 0 Å². The van der Waals surface area contributed by atoms with E-state index in [0.717, 1.165) is 13.1 Å². The molecule has 1 aromatic heterocycles. The number of nitrogens with one attached hydrogen (secondary N) is 1. The van der Waals surface area contributed by atoms with E-state index in [1.54, 1.807) is 25.6 Å². The van der Waals surface area contributed by atoms with Crippen molar-refractivity contribution in [2.45, 2.75) is 12.6 Å². The Labute approximate surface area is 103 Å². The lowest BCUT2D eigenvalue weighted by molar-refractivity contribution is 0.0288. The zero-order valence-electron chi connectivity index (χ0n) is 8.96. The van der Waals surface area contributed by atoms with Crippen molar-refractivity contribution in [1.29, 1.82) is 0 Å². The van der Waals surface area contributed by atoms with Gasteiger partial charge in [-0.1, -0.05) is 0 Å². The summed E-state index contributed by atoms with van der Waals surface area (Å²) in [6.07, 6.45) is 0.124. The third kappa shape index (κ3) is 5.08. The molecule has 15 heavy (non-hydrogen) atoms. The van der Waals surface area contributed by atoms with Crippen LogP contribution in [-0.2, 0) is 16.0 Å². The van der Waals surface area contributed by atoms with Crippen LogP contribution in [0.3, 0.4) is 0 Å². The summed E-state index contributed by atoms with van der Waals surface area (Å²) >= 11 is 5.18. The standard InChI is InChI=1S/C10H16BrNO2S/c1-13-7-8(14-2)5-12-6-9-3-4-10(11)15-9/h3-4,8,12H,5-7H2,1-2H3. The summed E-state index contributed by atoms with van der Waals surface area (Å²) in [5.74, 6) is 0. The van der Waals surface area contributed by atoms with Gasteiger partial charge in [-0.05, 0) is 28.1 Å². The van der Waals surface area contributed by atoms with E-state index in [-0.39, 0.29) is 6.10 Å². The highest BCUT2D eigenvalue weighted by molar-refractivity contribution is 9.11. The molecule has 0 aliphatic carbocycles. The van der Waals surface area contributed by atoms with Gasteiger partial charge in [0.15, 0.2) is 0 Å². The lowest BCUT2D eigenvalue weighted by Crippen LogP contribution is -2.31. The molecule has 0 aromatic carbocycles. The maximum atomic E-state index is 5.24. The van der Waals surface area contributed by atoms with E-state index in [9.17, 15) is 0 Å². The Morgan fingerprint density at radius 1 is 1.47 bits per heavy atom. The van der Waals surface area contributed by atoms with Crippen molar-refractivity contribution in [3.05, 3.63) is 20.8 Å². The number of ether oxygens (including phenoxy) is 2. The first kappa shape index (κ1) is 13.1. The normalized spacial score (nSPS) is 13.0. The summed E-state index contributed by atoms with van der Waals surface area (Å²) in [6.45, 7) is 2.30. The third-order valence-corrected chi connectivity index (χ3v) is 3.61. The topological polar surface area (TPSA) is 30.5 Å². The minimum atomic E-state index is 0.124. The van der Waals surface area contributed by atoms with Gasteiger partial charge in [0.05, 0.1) is 16.5 Å². The molecule has 1 N–H and O–H groups in total. The first-order valence-electron chi connectivity index (χ1n) is 4.73. The van der Waals surface area contributed by atoms with Crippen molar-refractivity contribution in [2.24, 2.45) is 0 Å². The maximum absolute atomic E-state index is 5.24. The van der Waals surface area contributed by atoms with Gasteiger partial charge in [0.1, 0.15) is 0 Å². The average molecular weight is 294 g/mol. The average Bonchev–Trinajstić information content (AvgIpc) is 2.63. The minimum absolute atomic E-state index is 0.124. The number of rotatable bonds is 7. The smallest absolute Gasteiger partial charge is 0.0928 e. The van der Waals surface area contributed by atoms with Gasteiger partial charge in [-0.15, -0.1) is 11.3 Å². The van der Waals surface area contributed by atoms with Crippen molar-refractivity contribution in [3.8, 4) is 0 Å². The van der Waals surface area contributed by atoms with Crippen LogP contribution in [0.1, 0.15) is 4.88 Å². The highest BCUT2D eigenvalue weighted by Crippen LogP contribution is 2.21. The molecule has 3 nitrogen and oxygen atoms in total. The molecule has 0 saturated heterocycles. The van der Waals surface area contributed by atoms with Gasteiger partial charge in [-0.2, -0.15) is 0 Å². The molecule has 86 valence electrons. The molecular weight excluding hydrogens is 278 g/mol. The predicted molar refractivity (Wildman–Crippen MR) is 66.4 cm³/mol. The van der Waals surface area contributed by atoms with Gasteiger partial charge < -0.3 is 14.8 Å². The Hall–Kier alpha value is 0.0600. The second-order valence-corrected chi connectivity index (χ2v) is 5.70. The van der Waals surface area contributed by atoms with E-state index in [1.165, 1.54) is 8.66 Å². The highest BCUT2D eigenvalue weighted by atomic mass is 79.9. The number of methoxy groups -OCH3 is 2. The van der Waals surface area contributed by atoms with Gasteiger partial charge in [-0.25, -0.2) is 0 Å². The molecule has 1 heterocycles. The van der Waals surface area contributed by atoms with Crippen molar-refractivity contribution in [3.63, 3.8) is 0 Å². The Morgan fingerprint density at radius 2 is 2.27 bits per heavy atom.